The van der Waals surface area contributed by atoms with E-state index >= 15 is 0 Å². The third-order valence-corrected chi connectivity index (χ3v) is 3.86. The lowest BCUT2D eigenvalue weighted by molar-refractivity contribution is 0.607. The van der Waals surface area contributed by atoms with Crippen LogP contribution in [0.1, 0.15) is 11.1 Å². The molecule has 0 unspecified atom stereocenters. The molecule has 0 saturated heterocycles. The minimum absolute atomic E-state index is 0.435. The first-order chi connectivity index (χ1) is 10.7. The van der Waals surface area contributed by atoms with E-state index in [4.69, 9.17) is 12.2 Å². The maximum Gasteiger partial charge on any atom is 0.229 e. The van der Waals surface area contributed by atoms with Gasteiger partial charge in [0.15, 0.2) is 5.11 Å². The van der Waals surface area contributed by atoms with Gasteiger partial charge in [0.1, 0.15) is 0 Å². The van der Waals surface area contributed by atoms with E-state index in [1.165, 1.54) is 0 Å². The van der Waals surface area contributed by atoms with Crippen molar-refractivity contribution >= 4 is 44.4 Å². The van der Waals surface area contributed by atoms with Crippen LogP contribution in [0.25, 0.3) is 0 Å². The average Bonchev–Trinajstić information content (AvgIpc) is 2.41. The fourth-order valence-corrected chi connectivity index (χ4v) is 2.88. The normalized spacial score (nSPS) is 10.9. The summed E-state index contributed by atoms with van der Waals surface area (Å²) in [4.78, 5) is 0. The molecule has 0 saturated carbocycles. The Morgan fingerprint density at radius 1 is 1.00 bits per heavy atom. The summed E-state index contributed by atoms with van der Waals surface area (Å²) >= 11 is 5.29. The number of thiocarbonyl (C=S) groups is 1. The molecule has 0 spiro atoms. The molecule has 122 valence electrons. The zero-order valence-electron chi connectivity index (χ0n) is 13.2. The molecule has 2 aromatic carbocycles. The summed E-state index contributed by atoms with van der Waals surface area (Å²) in [5.41, 5.74) is 4.08. The Balaban J connectivity index is 2.10. The topological polar surface area (TPSA) is 70.2 Å². The molecule has 0 aliphatic carbocycles. The summed E-state index contributed by atoms with van der Waals surface area (Å²) in [7, 11) is -3.32. The smallest absolute Gasteiger partial charge is 0.229 e. The van der Waals surface area contributed by atoms with Gasteiger partial charge in [0.2, 0.25) is 10.0 Å². The second-order valence-electron chi connectivity index (χ2n) is 5.35. The highest BCUT2D eigenvalue weighted by atomic mass is 32.2. The second-order valence-corrected chi connectivity index (χ2v) is 7.51. The molecule has 2 rings (SSSR count). The molecule has 0 aliphatic heterocycles. The highest BCUT2D eigenvalue weighted by Crippen LogP contribution is 2.21. The number of aryl methyl sites for hydroxylation is 2. The highest BCUT2D eigenvalue weighted by Gasteiger charge is 2.07. The lowest BCUT2D eigenvalue weighted by atomic mass is 10.2. The third-order valence-electron chi connectivity index (χ3n) is 3.07. The van der Waals surface area contributed by atoms with Crippen LogP contribution in [-0.2, 0) is 10.0 Å². The first kappa shape index (κ1) is 17.2. The Kier molecular flexibility index (Phi) is 5.23. The van der Waals surface area contributed by atoms with Crippen LogP contribution in [0.15, 0.2) is 42.5 Å². The van der Waals surface area contributed by atoms with Crippen molar-refractivity contribution in [3.63, 3.8) is 0 Å². The van der Waals surface area contributed by atoms with Crippen LogP contribution in [0.3, 0.4) is 0 Å². The van der Waals surface area contributed by atoms with E-state index in [-0.39, 0.29) is 0 Å². The Hall–Kier alpha value is -2.12. The molecule has 0 bridgehead atoms. The molecular weight excluding hydrogens is 330 g/mol. The molecule has 5 nitrogen and oxygen atoms in total. The van der Waals surface area contributed by atoms with Gasteiger partial charge in [-0.15, -0.1) is 0 Å². The number of hydrogen-bond acceptors (Lipinski definition) is 3. The maximum absolute atomic E-state index is 11.4. The van der Waals surface area contributed by atoms with E-state index in [0.717, 1.165) is 23.1 Å². The molecule has 0 aliphatic rings. The highest BCUT2D eigenvalue weighted by molar-refractivity contribution is 7.92. The molecule has 0 atom stereocenters. The van der Waals surface area contributed by atoms with E-state index in [0.29, 0.717) is 16.5 Å². The van der Waals surface area contributed by atoms with Crippen molar-refractivity contribution in [2.24, 2.45) is 0 Å². The van der Waals surface area contributed by atoms with Crippen molar-refractivity contribution < 1.29 is 8.42 Å². The molecule has 23 heavy (non-hydrogen) atoms. The lowest BCUT2D eigenvalue weighted by Gasteiger charge is -2.13. The number of nitrogens with one attached hydrogen (secondary N) is 3. The van der Waals surface area contributed by atoms with E-state index in [2.05, 4.69) is 15.4 Å². The van der Waals surface area contributed by atoms with Gasteiger partial charge in [-0.25, -0.2) is 8.42 Å². The largest absolute Gasteiger partial charge is 0.332 e. The first-order valence-electron chi connectivity index (χ1n) is 6.96. The van der Waals surface area contributed by atoms with Crippen LogP contribution in [0, 0.1) is 13.8 Å². The van der Waals surface area contributed by atoms with Crippen molar-refractivity contribution in [1.29, 1.82) is 0 Å². The molecule has 0 amide bonds. The van der Waals surface area contributed by atoms with Crippen LogP contribution in [0.2, 0.25) is 0 Å². The molecule has 0 fully saturated rings. The Morgan fingerprint density at radius 2 is 1.65 bits per heavy atom. The fraction of sp³-hybridized carbons (Fsp3) is 0.188. The second kappa shape index (κ2) is 6.97. The molecule has 3 N–H and O–H groups in total. The van der Waals surface area contributed by atoms with Gasteiger partial charge < -0.3 is 10.6 Å². The van der Waals surface area contributed by atoms with Crippen LogP contribution in [-0.4, -0.2) is 19.8 Å². The van der Waals surface area contributed by atoms with Crippen LogP contribution in [0.5, 0.6) is 0 Å². The summed E-state index contributed by atoms with van der Waals surface area (Å²) in [5.74, 6) is 0. The standard InChI is InChI=1S/C16H19N3O2S2/c1-11-5-4-6-13(9-11)17-16(22)18-14-8-7-12(2)15(10-14)19-23(3,20)21/h4-10,19H,1-3H3,(H2,17,18,22). The van der Waals surface area contributed by atoms with Crippen molar-refractivity contribution in [3.8, 4) is 0 Å². The van der Waals surface area contributed by atoms with Gasteiger partial charge in [0.05, 0.1) is 11.9 Å². The summed E-state index contributed by atoms with van der Waals surface area (Å²) in [6.07, 6.45) is 1.12. The summed E-state index contributed by atoms with van der Waals surface area (Å²) in [5, 5.41) is 6.58. The first-order valence-corrected chi connectivity index (χ1v) is 9.26. The number of sulfonamides is 1. The monoisotopic (exact) mass is 349 g/mol. The van der Waals surface area contributed by atoms with Crippen molar-refractivity contribution in [3.05, 3.63) is 53.6 Å². The number of rotatable bonds is 4. The fourth-order valence-electron chi connectivity index (χ4n) is 2.03. The van der Waals surface area contributed by atoms with Crippen molar-refractivity contribution in [2.45, 2.75) is 13.8 Å². The summed E-state index contributed by atoms with van der Waals surface area (Å²) < 4.78 is 25.3. The SMILES string of the molecule is Cc1cccc(NC(=S)Nc2ccc(C)c(NS(C)(=O)=O)c2)c1. The van der Waals surface area contributed by atoms with Gasteiger partial charge in [-0.2, -0.15) is 0 Å². The van der Waals surface area contributed by atoms with Gasteiger partial charge in [-0.05, 0) is 61.5 Å². The van der Waals surface area contributed by atoms with Crippen molar-refractivity contribution in [1.82, 2.24) is 0 Å². The van der Waals surface area contributed by atoms with Crippen LogP contribution >= 0.6 is 12.2 Å². The Morgan fingerprint density at radius 3 is 2.26 bits per heavy atom. The van der Waals surface area contributed by atoms with E-state index in [9.17, 15) is 8.42 Å². The number of benzene rings is 2. The molecular formula is C16H19N3O2S2. The zero-order chi connectivity index (χ0) is 17.0. The third kappa shape index (κ3) is 5.54. The van der Waals surface area contributed by atoms with Gasteiger partial charge >= 0.3 is 0 Å². The number of anilines is 3. The number of hydrogen-bond donors (Lipinski definition) is 3. The van der Waals surface area contributed by atoms with Crippen LogP contribution < -0.4 is 15.4 Å². The summed E-state index contributed by atoms with van der Waals surface area (Å²) in [6.45, 7) is 3.84. The molecule has 0 radical (unpaired) electrons. The molecule has 0 heterocycles. The maximum atomic E-state index is 11.4. The zero-order valence-corrected chi connectivity index (χ0v) is 14.8. The van der Waals surface area contributed by atoms with Crippen molar-refractivity contribution in [2.75, 3.05) is 21.6 Å². The minimum atomic E-state index is -3.32. The molecule has 0 aromatic heterocycles. The van der Waals surface area contributed by atoms with Crippen LogP contribution in [0.4, 0.5) is 17.1 Å². The van der Waals surface area contributed by atoms with Gasteiger partial charge in [-0.1, -0.05) is 18.2 Å². The average molecular weight is 349 g/mol. The Labute approximate surface area is 142 Å². The summed E-state index contributed by atoms with van der Waals surface area (Å²) in [6, 6.07) is 13.2. The van der Waals surface area contributed by atoms with Gasteiger partial charge in [0, 0.05) is 11.4 Å². The molecule has 7 heteroatoms. The lowest BCUT2D eigenvalue weighted by Crippen LogP contribution is -2.19. The quantitative estimate of drug-likeness (QED) is 0.737. The molecule has 2 aromatic rings. The predicted molar refractivity (Wildman–Crippen MR) is 101 cm³/mol. The van der Waals surface area contributed by atoms with E-state index in [1.54, 1.807) is 6.07 Å². The van der Waals surface area contributed by atoms with E-state index < -0.39 is 10.0 Å². The van der Waals surface area contributed by atoms with Gasteiger partial charge in [-0.3, -0.25) is 4.72 Å². The predicted octanol–water partition coefficient (Wildman–Crippen LogP) is 3.48. The minimum Gasteiger partial charge on any atom is -0.332 e. The van der Waals surface area contributed by atoms with Gasteiger partial charge in [0.25, 0.3) is 0 Å². The van der Waals surface area contributed by atoms with E-state index in [1.807, 2.05) is 50.2 Å². The Bertz CT molecular complexity index is 833.